The number of aliphatic hydroxyl groups is 1. The first kappa shape index (κ1) is 24.9. The molecule has 1 unspecified atom stereocenters. The van der Waals surface area contributed by atoms with Crippen LogP contribution in [0.5, 0.6) is 5.75 Å². The molecule has 2 amide bonds. The Kier molecular flexibility index (Phi) is 7.57. The van der Waals surface area contributed by atoms with Gasteiger partial charge in [0.2, 0.25) is 6.17 Å². The van der Waals surface area contributed by atoms with Gasteiger partial charge in [-0.15, -0.1) is 0 Å². The van der Waals surface area contributed by atoms with Crippen molar-refractivity contribution in [1.82, 2.24) is 5.32 Å². The van der Waals surface area contributed by atoms with Gasteiger partial charge in [-0.05, 0) is 36.4 Å². The van der Waals surface area contributed by atoms with E-state index in [1.165, 1.54) is 18.2 Å². The second-order valence-corrected chi connectivity index (χ2v) is 8.60. The van der Waals surface area contributed by atoms with E-state index in [-0.39, 0.29) is 40.3 Å². The van der Waals surface area contributed by atoms with Crippen LogP contribution < -0.4 is 15.4 Å². The van der Waals surface area contributed by atoms with Gasteiger partial charge in [-0.25, -0.2) is 9.38 Å². The highest BCUT2D eigenvalue weighted by atomic mass is 35.5. The number of carbonyl (C=O) groups excluding carboxylic acids is 2. The van der Waals surface area contributed by atoms with Gasteiger partial charge in [0, 0.05) is 16.1 Å². The third-order valence-corrected chi connectivity index (χ3v) is 5.81. The van der Waals surface area contributed by atoms with Crippen molar-refractivity contribution < 1.29 is 23.8 Å². The molecule has 0 saturated carbocycles. The Morgan fingerprint density at radius 2 is 1.83 bits per heavy atom. The highest BCUT2D eigenvalue weighted by molar-refractivity contribution is 6.44. The van der Waals surface area contributed by atoms with Crippen LogP contribution in [0.3, 0.4) is 0 Å². The number of aliphatic hydroxyl groups excluding tert-OH is 1. The summed E-state index contributed by atoms with van der Waals surface area (Å²) in [7, 11) is 0. The van der Waals surface area contributed by atoms with E-state index >= 15 is 0 Å². The summed E-state index contributed by atoms with van der Waals surface area (Å²) in [5, 5.41) is 14.9. The minimum absolute atomic E-state index is 0.0308. The summed E-state index contributed by atoms with van der Waals surface area (Å²) in [5.74, 6) is -2.12. The van der Waals surface area contributed by atoms with Gasteiger partial charge in [-0.3, -0.25) is 9.59 Å². The molecule has 1 atom stereocenters. The third-order valence-electron chi connectivity index (χ3n) is 4.99. The number of halogens is 4. The lowest BCUT2D eigenvalue weighted by atomic mass is 10.0. The van der Waals surface area contributed by atoms with E-state index in [1.807, 2.05) is 0 Å². The van der Waals surface area contributed by atoms with Crippen molar-refractivity contribution in [3.8, 4) is 5.75 Å². The first-order chi connectivity index (χ1) is 16.8. The van der Waals surface area contributed by atoms with Crippen LogP contribution in [0.25, 0.3) is 0 Å². The molecular weight excluding hydrogens is 520 g/mol. The number of carbonyl (C=O) groups is 2. The van der Waals surface area contributed by atoms with Crippen LogP contribution >= 0.6 is 34.8 Å². The molecule has 1 heterocycles. The number of benzodiazepines with no additional fused rings is 1. The molecule has 0 radical (unpaired) electrons. The van der Waals surface area contributed by atoms with Gasteiger partial charge in [0.15, 0.2) is 0 Å². The number of nitrogens with zero attached hydrogens (tertiary/aromatic N) is 1. The average Bonchev–Trinajstić information content (AvgIpc) is 2.94. The monoisotopic (exact) mass is 535 g/mol. The lowest BCUT2D eigenvalue weighted by Crippen LogP contribution is -2.42. The first-order valence-electron chi connectivity index (χ1n) is 10.3. The summed E-state index contributed by atoms with van der Waals surface area (Å²) in [5.41, 5.74) is 1.33. The number of ether oxygens (including phenoxy) is 1. The molecule has 0 bridgehead atoms. The number of para-hydroxylation sites is 1. The number of amides is 2. The van der Waals surface area contributed by atoms with Gasteiger partial charge >= 0.3 is 0 Å². The summed E-state index contributed by atoms with van der Waals surface area (Å²) in [6, 6.07) is 13.1. The molecule has 3 aromatic carbocycles. The fourth-order valence-electron chi connectivity index (χ4n) is 3.49. The number of hydrogen-bond donors (Lipinski definition) is 3. The molecule has 0 fully saturated rings. The van der Waals surface area contributed by atoms with Crippen LogP contribution in [0.15, 0.2) is 59.6 Å². The average molecular weight is 537 g/mol. The number of fused-ring (bicyclic) bond motifs is 1. The number of anilines is 1. The molecule has 3 aromatic rings. The summed E-state index contributed by atoms with van der Waals surface area (Å²) >= 11 is 18.9. The molecular formula is C24H17Cl3FN3O4. The van der Waals surface area contributed by atoms with Gasteiger partial charge in [-0.1, -0.05) is 53.0 Å². The molecule has 180 valence electrons. The maximum absolute atomic E-state index is 13.9. The first-order valence-corrected chi connectivity index (χ1v) is 11.4. The van der Waals surface area contributed by atoms with E-state index in [0.717, 1.165) is 12.1 Å². The van der Waals surface area contributed by atoms with Gasteiger partial charge in [-0.2, -0.15) is 0 Å². The maximum Gasteiger partial charge on any atom is 0.269 e. The van der Waals surface area contributed by atoms with Crippen molar-refractivity contribution in [1.29, 1.82) is 0 Å². The minimum atomic E-state index is -1.43. The molecule has 0 aromatic heterocycles. The molecule has 0 spiro atoms. The molecule has 1 aliphatic rings. The van der Waals surface area contributed by atoms with Gasteiger partial charge in [0.05, 0.1) is 33.6 Å². The fourth-order valence-corrected chi connectivity index (χ4v) is 4.48. The van der Waals surface area contributed by atoms with E-state index in [1.54, 1.807) is 24.3 Å². The second-order valence-electron chi connectivity index (χ2n) is 7.35. The van der Waals surface area contributed by atoms with Crippen LogP contribution in [-0.4, -0.2) is 42.0 Å². The van der Waals surface area contributed by atoms with E-state index in [4.69, 9.17) is 44.6 Å². The largest absolute Gasteiger partial charge is 0.490 e. The lowest BCUT2D eigenvalue weighted by Gasteiger charge is -2.16. The van der Waals surface area contributed by atoms with E-state index < -0.39 is 23.8 Å². The summed E-state index contributed by atoms with van der Waals surface area (Å²) in [4.78, 5) is 30.6. The zero-order valence-electron chi connectivity index (χ0n) is 17.8. The summed E-state index contributed by atoms with van der Waals surface area (Å²) < 4.78 is 19.2. The van der Waals surface area contributed by atoms with Crippen molar-refractivity contribution in [3.63, 3.8) is 0 Å². The number of benzene rings is 3. The normalized spacial score (nSPS) is 14.9. The predicted molar refractivity (Wildman–Crippen MR) is 132 cm³/mol. The Labute approximate surface area is 214 Å². The maximum atomic E-state index is 13.9. The third kappa shape index (κ3) is 5.41. The van der Waals surface area contributed by atoms with Crippen molar-refractivity contribution in [2.24, 2.45) is 4.99 Å². The Hall–Kier alpha value is -3.17. The van der Waals surface area contributed by atoms with Crippen molar-refractivity contribution in [2.75, 3.05) is 18.5 Å². The number of aliphatic imine (C=N–C) groups is 1. The molecule has 35 heavy (non-hydrogen) atoms. The van der Waals surface area contributed by atoms with Gasteiger partial charge in [0.25, 0.3) is 11.8 Å². The SMILES string of the molecule is O=C(NC1N=C(c2c(Cl)cc(Cl)cc2Cl)c2ccccc2NC1=O)c1cc(F)ccc1OCCO. The van der Waals surface area contributed by atoms with Crippen LogP contribution in [0.4, 0.5) is 10.1 Å². The topological polar surface area (TPSA) is 100 Å². The zero-order valence-corrected chi connectivity index (χ0v) is 20.1. The molecule has 1 aliphatic heterocycles. The molecule has 4 rings (SSSR count). The predicted octanol–water partition coefficient (Wildman–Crippen LogP) is 4.70. The van der Waals surface area contributed by atoms with Crippen LogP contribution in [0.1, 0.15) is 21.5 Å². The molecule has 11 heteroatoms. The Morgan fingerprint density at radius 3 is 2.54 bits per heavy atom. The Bertz CT molecular complexity index is 1330. The van der Waals surface area contributed by atoms with E-state index in [0.29, 0.717) is 21.8 Å². The fraction of sp³-hybridized carbons (Fsp3) is 0.125. The number of hydrogen-bond acceptors (Lipinski definition) is 5. The van der Waals surface area contributed by atoms with Gasteiger partial charge in [0.1, 0.15) is 18.2 Å². The minimum Gasteiger partial charge on any atom is -0.490 e. The van der Waals surface area contributed by atoms with Crippen LogP contribution in [0, 0.1) is 5.82 Å². The quantitative estimate of drug-likeness (QED) is 0.425. The lowest BCUT2D eigenvalue weighted by molar-refractivity contribution is -0.117. The van der Waals surface area contributed by atoms with E-state index in [9.17, 15) is 14.0 Å². The van der Waals surface area contributed by atoms with E-state index in [2.05, 4.69) is 15.6 Å². The summed E-state index contributed by atoms with van der Waals surface area (Å²) in [6.45, 7) is -0.418. The van der Waals surface area contributed by atoms with Crippen molar-refractivity contribution in [3.05, 3.63) is 92.2 Å². The second kappa shape index (κ2) is 10.6. The van der Waals surface area contributed by atoms with Crippen molar-refractivity contribution >= 4 is 58.0 Å². The number of rotatable bonds is 6. The van der Waals surface area contributed by atoms with Crippen LogP contribution in [-0.2, 0) is 4.79 Å². The highest BCUT2D eigenvalue weighted by Gasteiger charge is 2.30. The zero-order chi connectivity index (χ0) is 25.1. The van der Waals surface area contributed by atoms with Gasteiger partial charge < -0.3 is 20.5 Å². The molecule has 3 N–H and O–H groups in total. The van der Waals surface area contributed by atoms with Crippen LogP contribution in [0.2, 0.25) is 15.1 Å². The smallest absolute Gasteiger partial charge is 0.269 e. The number of nitrogens with one attached hydrogen (secondary N) is 2. The molecule has 0 aliphatic carbocycles. The Morgan fingerprint density at radius 1 is 1.11 bits per heavy atom. The standard InChI is InChI=1S/C24H17Cl3FN3O4/c25-12-9-16(26)20(17(27)10-12)21-14-3-1-2-4-18(14)29-24(34)22(30-21)31-23(33)15-11-13(28)5-6-19(15)35-8-7-32/h1-6,9-11,22,32H,7-8H2,(H,29,34)(H,31,33). The molecule has 7 nitrogen and oxygen atoms in total. The van der Waals surface area contributed by atoms with Crippen molar-refractivity contribution in [2.45, 2.75) is 6.17 Å². The Balaban J connectivity index is 1.78. The highest BCUT2D eigenvalue weighted by Crippen LogP contribution is 2.34. The summed E-state index contributed by atoms with van der Waals surface area (Å²) in [6.07, 6.45) is -1.43. The molecule has 0 saturated heterocycles.